The SMILES string of the molecule is [Cl-].c1cc(OCCN2CCCCC2)cc(-c2n[nH]c3ccc(-c4ncn[nH]4)cc23)c1. The Bertz CT molecular complexity index is 1090. The number of H-pyrrole nitrogens is 2. The first-order valence-corrected chi connectivity index (χ1v) is 10.2. The van der Waals surface area contributed by atoms with Crippen LogP contribution in [-0.4, -0.2) is 56.5 Å². The smallest absolute Gasteiger partial charge is 0.155 e. The highest BCUT2D eigenvalue weighted by atomic mass is 35.5. The van der Waals surface area contributed by atoms with E-state index in [0.717, 1.165) is 45.8 Å². The van der Waals surface area contributed by atoms with Crippen LogP contribution in [0.1, 0.15) is 19.3 Å². The van der Waals surface area contributed by atoms with E-state index < -0.39 is 0 Å². The molecule has 1 fully saturated rings. The Morgan fingerprint density at radius 2 is 1.87 bits per heavy atom. The van der Waals surface area contributed by atoms with E-state index in [1.165, 1.54) is 38.7 Å². The molecule has 1 aliphatic heterocycles. The summed E-state index contributed by atoms with van der Waals surface area (Å²) in [5, 5.41) is 15.6. The molecule has 2 N–H and O–H groups in total. The molecule has 0 amide bonds. The van der Waals surface area contributed by atoms with Gasteiger partial charge in [0.1, 0.15) is 24.4 Å². The minimum Gasteiger partial charge on any atom is -1.00 e. The minimum atomic E-state index is 0. The fraction of sp³-hybridized carbons (Fsp3) is 0.318. The lowest BCUT2D eigenvalue weighted by Gasteiger charge is -2.26. The number of piperidine rings is 1. The van der Waals surface area contributed by atoms with Gasteiger partial charge in [0.2, 0.25) is 0 Å². The Morgan fingerprint density at radius 1 is 0.967 bits per heavy atom. The highest BCUT2D eigenvalue weighted by Gasteiger charge is 2.12. The number of hydrogen-bond acceptors (Lipinski definition) is 5. The molecule has 0 unspecified atom stereocenters. The number of rotatable bonds is 6. The van der Waals surface area contributed by atoms with Crippen molar-refractivity contribution in [1.29, 1.82) is 0 Å². The molecule has 156 valence electrons. The van der Waals surface area contributed by atoms with Crippen molar-refractivity contribution >= 4 is 10.9 Å². The van der Waals surface area contributed by atoms with Crippen LogP contribution >= 0.6 is 0 Å². The van der Waals surface area contributed by atoms with Gasteiger partial charge in [0.05, 0.1) is 5.52 Å². The Hall–Kier alpha value is -2.90. The molecule has 0 spiro atoms. The van der Waals surface area contributed by atoms with Gasteiger partial charge in [-0.05, 0) is 56.3 Å². The molecule has 0 saturated carbocycles. The summed E-state index contributed by atoms with van der Waals surface area (Å²) in [5.41, 5.74) is 3.90. The highest BCUT2D eigenvalue weighted by Crippen LogP contribution is 2.31. The summed E-state index contributed by atoms with van der Waals surface area (Å²) < 4.78 is 6.04. The first-order valence-electron chi connectivity index (χ1n) is 10.2. The maximum Gasteiger partial charge on any atom is 0.155 e. The lowest BCUT2D eigenvalue weighted by molar-refractivity contribution is -0.00000651. The van der Waals surface area contributed by atoms with Gasteiger partial charge >= 0.3 is 0 Å². The third-order valence-corrected chi connectivity index (χ3v) is 5.48. The summed E-state index contributed by atoms with van der Waals surface area (Å²) >= 11 is 0. The molecule has 2 aromatic carbocycles. The summed E-state index contributed by atoms with van der Waals surface area (Å²) in [6.45, 7) is 4.07. The van der Waals surface area contributed by atoms with Crippen molar-refractivity contribution < 1.29 is 17.1 Å². The zero-order chi connectivity index (χ0) is 19.5. The number of aromatic amines is 2. The number of nitrogens with one attached hydrogen (secondary N) is 2. The van der Waals surface area contributed by atoms with E-state index in [2.05, 4.69) is 48.5 Å². The molecule has 0 radical (unpaired) electrons. The van der Waals surface area contributed by atoms with E-state index >= 15 is 0 Å². The molecular weight excluding hydrogens is 400 g/mol. The van der Waals surface area contributed by atoms with Gasteiger partial charge < -0.3 is 17.1 Å². The number of nitrogens with zero attached hydrogens (tertiary/aromatic N) is 4. The summed E-state index contributed by atoms with van der Waals surface area (Å²) in [4.78, 5) is 6.73. The van der Waals surface area contributed by atoms with Crippen molar-refractivity contribution in [3.05, 3.63) is 48.8 Å². The van der Waals surface area contributed by atoms with Crippen molar-refractivity contribution in [3.8, 4) is 28.4 Å². The monoisotopic (exact) mass is 423 g/mol. The van der Waals surface area contributed by atoms with E-state index in [-0.39, 0.29) is 12.4 Å². The average Bonchev–Trinajstić information content (AvgIpc) is 3.44. The van der Waals surface area contributed by atoms with Gasteiger partial charge in [0, 0.05) is 23.1 Å². The molecular formula is C22H24ClN6O-. The van der Waals surface area contributed by atoms with Crippen LogP contribution in [0, 0.1) is 0 Å². The quantitative estimate of drug-likeness (QED) is 0.481. The molecule has 0 atom stereocenters. The normalized spacial score (nSPS) is 14.5. The van der Waals surface area contributed by atoms with Gasteiger partial charge in [-0.25, -0.2) is 4.98 Å². The van der Waals surface area contributed by atoms with E-state index in [4.69, 9.17) is 4.74 Å². The second-order valence-electron chi connectivity index (χ2n) is 7.45. The summed E-state index contributed by atoms with van der Waals surface area (Å²) in [6, 6.07) is 14.3. The van der Waals surface area contributed by atoms with Crippen LogP contribution in [0.5, 0.6) is 5.75 Å². The molecule has 5 rings (SSSR count). The first-order chi connectivity index (χ1) is 14.4. The molecule has 30 heavy (non-hydrogen) atoms. The standard InChI is InChI=1S/C22H24N6O.ClH/c1-2-9-28(10-3-1)11-12-29-18-6-4-5-16(13-18)21-19-14-17(22-23-15-24-27-22)7-8-20(19)25-26-21;/h4-8,13-15H,1-3,9-12H2,(H,25,26)(H,23,24,27);1H/p-1. The van der Waals surface area contributed by atoms with Crippen LogP contribution in [0.4, 0.5) is 0 Å². The molecule has 8 heteroatoms. The lowest BCUT2D eigenvalue weighted by atomic mass is 10.1. The largest absolute Gasteiger partial charge is 1.00 e. The number of halogens is 1. The van der Waals surface area contributed by atoms with Gasteiger partial charge in [-0.2, -0.15) is 10.2 Å². The van der Waals surface area contributed by atoms with Gasteiger partial charge in [-0.1, -0.05) is 18.6 Å². The second-order valence-corrected chi connectivity index (χ2v) is 7.45. The Balaban J connectivity index is 0.00000218. The predicted octanol–water partition coefficient (Wildman–Crippen LogP) is 0.884. The zero-order valence-electron chi connectivity index (χ0n) is 16.6. The van der Waals surface area contributed by atoms with Crippen LogP contribution in [0.15, 0.2) is 48.8 Å². The maximum atomic E-state index is 6.04. The van der Waals surface area contributed by atoms with Crippen molar-refractivity contribution in [2.24, 2.45) is 0 Å². The summed E-state index contributed by atoms with van der Waals surface area (Å²) in [7, 11) is 0. The van der Waals surface area contributed by atoms with Crippen LogP contribution < -0.4 is 17.1 Å². The Labute approximate surface area is 181 Å². The maximum absolute atomic E-state index is 6.04. The number of ether oxygens (including phenoxy) is 1. The minimum absolute atomic E-state index is 0. The van der Waals surface area contributed by atoms with Crippen LogP contribution in [0.2, 0.25) is 0 Å². The number of aromatic nitrogens is 5. The van der Waals surface area contributed by atoms with Crippen molar-refractivity contribution in [2.45, 2.75) is 19.3 Å². The molecule has 2 aromatic heterocycles. The van der Waals surface area contributed by atoms with E-state index in [1.54, 1.807) is 0 Å². The van der Waals surface area contributed by atoms with Gasteiger partial charge in [0.15, 0.2) is 5.82 Å². The van der Waals surface area contributed by atoms with Crippen molar-refractivity contribution in [2.75, 3.05) is 26.2 Å². The third kappa shape index (κ3) is 4.32. The average molecular weight is 424 g/mol. The molecule has 7 nitrogen and oxygen atoms in total. The first kappa shape index (κ1) is 20.4. The van der Waals surface area contributed by atoms with Crippen molar-refractivity contribution in [1.82, 2.24) is 30.3 Å². The molecule has 3 heterocycles. The summed E-state index contributed by atoms with van der Waals surface area (Å²) in [5.74, 6) is 1.62. The van der Waals surface area contributed by atoms with E-state index in [0.29, 0.717) is 6.61 Å². The topological polar surface area (TPSA) is 82.7 Å². The third-order valence-electron chi connectivity index (χ3n) is 5.48. The molecule has 4 aromatic rings. The number of hydrogen-bond donors (Lipinski definition) is 2. The molecule has 0 bridgehead atoms. The fourth-order valence-corrected chi connectivity index (χ4v) is 3.93. The number of likely N-dealkylation sites (tertiary alicyclic amines) is 1. The van der Waals surface area contributed by atoms with E-state index in [9.17, 15) is 0 Å². The molecule has 1 saturated heterocycles. The fourth-order valence-electron chi connectivity index (χ4n) is 3.93. The number of fused-ring (bicyclic) bond motifs is 1. The Morgan fingerprint density at radius 3 is 2.70 bits per heavy atom. The Kier molecular flexibility index (Phi) is 6.30. The van der Waals surface area contributed by atoms with Crippen LogP contribution in [0.3, 0.4) is 0 Å². The van der Waals surface area contributed by atoms with Crippen LogP contribution in [-0.2, 0) is 0 Å². The second kappa shape index (κ2) is 9.28. The van der Waals surface area contributed by atoms with Crippen molar-refractivity contribution in [3.63, 3.8) is 0 Å². The lowest BCUT2D eigenvalue weighted by Crippen LogP contribution is -3.00. The number of benzene rings is 2. The predicted molar refractivity (Wildman–Crippen MR) is 113 cm³/mol. The molecule has 0 aliphatic carbocycles. The van der Waals surface area contributed by atoms with Gasteiger partial charge in [0.25, 0.3) is 0 Å². The van der Waals surface area contributed by atoms with Gasteiger partial charge in [-0.15, -0.1) is 0 Å². The summed E-state index contributed by atoms with van der Waals surface area (Å²) in [6.07, 6.45) is 5.48. The highest BCUT2D eigenvalue weighted by molar-refractivity contribution is 5.95. The molecule has 1 aliphatic rings. The van der Waals surface area contributed by atoms with Crippen LogP contribution in [0.25, 0.3) is 33.5 Å². The zero-order valence-corrected chi connectivity index (χ0v) is 17.4. The van der Waals surface area contributed by atoms with E-state index in [1.807, 2.05) is 24.3 Å². The van der Waals surface area contributed by atoms with Gasteiger partial charge in [-0.3, -0.25) is 15.1 Å².